The third-order valence-electron chi connectivity index (χ3n) is 2.31. The second-order valence-electron chi connectivity index (χ2n) is 4.54. The van der Waals surface area contributed by atoms with Crippen molar-refractivity contribution in [2.45, 2.75) is 26.3 Å². The molecule has 0 saturated heterocycles. The summed E-state index contributed by atoms with van der Waals surface area (Å²) in [5.41, 5.74) is 0.893. The summed E-state index contributed by atoms with van der Waals surface area (Å²) in [5.74, 6) is -1.70. The lowest BCUT2D eigenvalue weighted by atomic mass is 10.1. The van der Waals surface area contributed by atoms with Gasteiger partial charge in [0.05, 0.1) is 17.4 Å². The summed E-state index contributed by atoms with van der Waals surface area (Å²) in [5, 5.41) is 0. The number of hydrogen-bond donors (Lipinski definition) is 0. The maximum absolute atomic E-state index is 13.1. The number of aromatic nitrogens is 2. The van der Waals surface area contributed by atoms with Crippen molar-refractivity contribution in [3.05, 3.63) is 30.1 Å². The molecule has 0 unspecified atom stereocenters. The lowest BCUT2D eigenvalue weighted by molar-refractivity contribution is 0.407. The molecule has 0 amide bonds. The van der Waals surface area contributed by atoms with E-state index in [1.165, 1.54) is 6.07 Å². The molecular weight excluding hydrogens is 198 g/mol. The van der Waals surface area contributed by atoms with Crippen molar-refractivity contribution < 1.29 is 8.78 Å². The zero-order valence-corrected chi connectivity index (χ0v) is 8.88. The Morgan fingerprint density at radius 2 is 1.73 bits per heavy atom. The summed E-state index contributed by atoms with van der Waals surface area (Å²) >= 11 is 0. The molecule has 0 aliphatic rings. The van der Waals surface area contributed by atoms with Crippen molar-refractivity contribution >= 4 is 11.0 Å². The van der Waals surface area contributed by atoms with Gasteiger partial charge >= 0.3 is 0 Å². The first-order valence-electron chi connectivity index (χ1n) is 4.72. The van der Waals surface area contributed by atoms with Crippen LogP contribution in [0.25, 0.3) is 11.0 Å². The van der Waals surface area contributed by atoms with Gasteiger partial charge in [-0.25, -0.2) is 13.8 Å². The van der Waals surface area contributed by atoms with Crippen LogP contribution in [0.1, 0.15) is 20.8 Å². The highest BCUT2D eigenvalue weighted by Crippen LogP contribution is 2.23. The van der Waals surface area contributed by atoms with Gasteiger partial charge < -0.3 is 4.57 Å². The van der Waals surface area contributed by atoms with E-state index in [4.69, 9.17) is 0 Å². The number of nitrogens with zero attached hydrogens (tertiary/aromatic N) is 2. The smallest absolute Gasteiger partial charge is 0.161 e. The quantitative estimate of drug-likeness (QED) is 0.653. The van der Waals surface area contributed by atoms with E-state index in [9.17, 15) is 8.78 Å². The molecule has 2 rings (SSSR count). The molecule has 0 aliphatic carbocycles. The van der Waals surface area contributed by atoms with Crippen molar-refractivity contribution in [3.63, 3.8) is 0 Å². The maximum atomic E-state index is 13.1. The summed E-state index contributed by atoms with van der Waals surface area (Å²) in [6.07, 6.45) is 1.60. The average molecular weight is 210 g/mol. The third-order valence-corrected chi connectivity index (χ3v) is 2.31. The van der Waals surface area contributed by atoms with Crippen LogP contribution in [-0.2, 0) is 5.54 Å². The van der Waals surface area contributed by atoms with E-state index in [1.54, 1.807) is 6.33 Å². The van der Waals surface area contributed by atoms with E-state index in [1.807, 2.05) is 25.3 Å². The van der Waals surface area contributed by atoms with E-state index < -0.39 is 11.6 Å². The summed E-state index contributed by atoms with van der Waals surface area (Å²) in [6.45, 7) is 5.94. The molecular formula is C11H12F2N2. The molecule has 1 aromatic heterocycles. The molecule has 0 saturated carbocycles. The Morgan fingerprint density at radius 1 is 1.13 bits per heavy atom. The zero-order valence-electron chi connectivity index (χ0n) is 8.88. The van der Waals surface area contributed by atoms with Gasteiger partial charge in [-0.3, -0.25) is 0 Å². The number of imidazole rings is 1. The lowest BCUT2D eigenvalue weighted by Crippen LogP contribution is -2.20. The minimum absolute atomic E-state index is 0.195. The summed E-state index contributed by atoms with van der Waals surface area (Å²) in [4.78, 5) is 4.04. The Kier molecular flexibility index (Phi) is 2.03. The van der Waals surface area contributed by atoms with Crippen molar-refractivity contribution in [1.29, 1.82) is 0 Å². The zero-order chi connectivity index (χ0) is 11.2. The van der Waals surface area contributed by atoms with E-state index in [2.05, 4.69) is 4.98 Å². The highest BCUT2D eigenvalue weighted by molar-refractivity contribution is 5.75. The minimum atomic E-state index is -0.860. The Balaban J connectivity index is 2.75. The monoisotopic (exact) mass is 210 g/mol. The predicted molar refractivity (Wildman–Crippen MR) is 54.6 cm³/mol. The molecule has 0 aliphatic heterocycles. The first-order chi connectivity index (χ1) is 6.89. The van der Waals surface area contributed by atoms with Crippen LogP contribution >= 0.6 is 0 Å². The second-order valence-corrected chi connectivity index (χ2v) is 4.54. The fourth-order valence-electron chi connectivity index (χ4n) is 1.54. The van der Waals surface area contributed by atoms with Crippen LogP contribution in [-0.4, -0.2) is 9.55 Å². The highest BCUT2D eigenvalue weighted by Gasteiger charge is 2.17. The number of halogens is 2. The van der Waals surface area contributed by atoms with Crippen LogP contribution in [0.4, 0.5) is 8.78 Å². The maximum Gasteiger partial charge on any atom is 0.161 e. The third kappa shape index (κ3) is 1.60. The van der Waals surface area contributed by atoms with E-state index >= 15 is 0 Å². The molecule has 80 valence electrons. The van der Waals surface area contributed by atoms with Gasteiger partial charge in [0.25, 0.3) is 0 Å². The fourth-order valence-corrected chi connectivity index (χ4v) is 1.54. The van der Waals surface area contributed by atoms with Crippen LogP contribution < -0.4 is 0 Å². The molecule has 1 heterocycles. The summed E-state index contributed by atoms with van der Waals surface area (Å²) < 4.78 is 27.8. The first kappa shape index (κ1) is 10.1. The standard InChI is InChI=1S/C11H12F2N2/c1-11(2,3)15-6-14-9-4-7(12)8(13)5-10(9)15/h4-6H,1-3H3. The fraction of sp³-hybridized carbons (Fsp3) is 0.364. The van der Waals surface area contributed by atoms with Gasteiger partial charge in [-0.2, -0.15) is 0 Å². The van der Waals surface area contributed by atoms with Crippen LogP contribution in [0.15, 0.2) is 18.5 Å². The van der Waals surface area contributed by atoms with Crippen LogP contribution in [0, 0.1) is 11.6 Å². The number of rotatable bonds is 0. The van der Waals surface area contributed by atoms with Crippen LogP contribution in [0.5, 0.6) is 0 Å². The number of benzene rings is 1. The Hall–Kier alpha value is -1.45. The van der Waals surface area contributed by atoms with Gasteiger partial charge in [0.2, 0.25) is 0 Å². The highest BCUT2D eigenvalue weighted by atomic mass is 19.2. The van der Waals surface area contributed by atoms with E-state index in [0.29, 0.717) is 11.0 Å². The van der Waals surface area contributed by atoms with Crippen molar-refractivity contribution in [1.82, 2.24) is 9.55 Å². The normalized spacial score (nSPS) is 12.3. The van der Waals surface area contributed by atoms with Crippen molar-refractivity contribution in [2.24, 2.45) is 0 Å². The summed E-state index contributed by atoms with van der Waals surface area (Å²) in [7, 11) is 0. The molecule has 0 N–H and O–H groups in total. The largest absolute Gasteiger partial charge is 0.325 e. The van der Waals surface area contributed by atoms with Crippen molar-refractivity contribution in [2.75, 3.05) is 0 Å². The van der Waals surface area contributed by atoms with E-state index in [-0.39, 0.29) is 5.54 Å². The van der Waals surface area contributed by atoms with Gasteiger partial charge in [-0.05, 0) is 20.8 Å². The van der Waals surface area contributed by atoms with Gasteiger partial charge in [0.1, 0.15) is 0 Å². The molecule has 0 spiro atoms. The minimum Gasteiger partial charge on any atom is -0.325 e. The number of hydrogen-bond acceptors (Lipinski definition) is 1. The molecule has 1 aromatic carbocycles. The Morgan fingerprint density at radius 3 is 2.33 bits per heavy atom. The molecule has 15 heavy (non-hydrogen) atoms. The predicted octanol–water partition coefficient (Wildman–Crippen LogP) is 3.07. The Bertz CT molecular complexity index is 509. The van der Waals surface area contributed by atoms with Crippen LogP contribution in [0.3, 0.4) is 0 Å². The number of fused-ring (bicyclic) bond motifs is 1. The molecule has 0 atom stereocenters. The van der Waals surface area contributed by atoms with Gasteiger partial charge in [-0.1, -0.05) is 0 Å². The molecule has 0 fully saturated rings. The second kappa shape index (κ2) is 3.02. The molecule has 4 heteroatoms. The van der Waals surface area contributed by atoms with E-state index in [0.717, 1.165) is 6.07 Å². The lowest BCUT2D eigenvalue weighted by Gasteiger charge is -2.21. The van der Waals surface area contributed by atoms with Crippen LogP contribution in [0.2, 0.25) is 0 Å². The van der Waals surface area contributed by atoms with Gasteiger partial charge in [-0.15, -0.1) is 0 Å². The average Bonchev–Trinajstić information content (AvgIpc) is 2.47. The summed E-state index contributed by atoms with van der Waals surface area (Å²) in [6, 6.07) is 2.30. The first-order valence-corrected chi connectivity index (χ1v) is 4.72. The topological polar surface area (TPSA) is 17.8 Å². The SMILES string of the molecule is CC(C)(C)n1cnc2cc(F)c(F)cc21. The molecule has 2 aromatic rings. The van der Waals surface area contributed by atoms with Crippen molar-refractivity contribution in [3.8, 4) is 0 Å². The molecule has 0 bridgehead atoms. The van der Waals surface area contributed by atoms with Gasteiger partial charge in [0.15, 0.2) is 11.6 Å². The van der Waals surface area contributed by atoms with Gasteiger partial charge in [0, 0.05) is 17.7 Å². The molecule has 2 nitrogen and oxygen atoms in total. The Labute approximate surface area is 86.5 Å². The molecule has 0 radical (unpaired) electrons.